The molecule has 2 aliphatic rings. The molecule has 1 unspecified atom stereocenters. The molecule has 29 heavy (non-hydrogen) atoms. The first kappa shape index (κ1) is 17.7. The van der Waals surface area contributed by atoms with Gasteiger partial charge in [0, 0.05) is 42.9 Å². The second-order valence-corrected chi connectivity index (χ2v) is 7.54. The average Bonchev–Trinajstić information content (AvgIpc) is 3.35. The molecular formula is C21H23N7O. The number of rotatable bonds is 3. The molecule has 0 bridgehead atoms. The summed E-state index contributed by atoms with van der Waals surface area (Å²) >= 11 is 0. The summed E-state index contributed by atoms with van der Waals surface area (Å²) in [5.41, 5.74) is 10.8. The molecule has 1 atom stereocenters. The molecule has 1 fully saturated rings. The van der Waals surface area contributed by atoms with Crippen molar-refractivity contribution in [3.8, 4) is 5.82 Å². The summed E-state index contributed by atoms with van der Waals surface area (Å²) in [6, 6.07) is 5.85. The van der Waals surface area contributed by atoms with Crippen molar-refractivity contribution < 1.29 is 5.11 Å². The molecule has 1 saturated heterocycles. The number of hydrogen-bond donors (Lipinski definition) is 3. The van der Waals surface area contributed by atoms with Crippen molar-refractivity contribution in [3.05, 3.63) is 54.3 Å². The molecule has 1 aromatic carbocycles. The molecule has 5 rings (SSSR count). The lowest BCUT2D eigenvalue weighted by Crippen LogP contribution is -2.21. The second-order valence-electron chi connectivity index (χ2n) is 7.54. The van der Waals surface area contributed by atoms with Gasteiger partial charge in [-0.25, -0.2) is 9.97 Å². The first-order valence-electron chi connectivity index (χ1n) is 9.75. The van der Waals surface area contributed by atoms with E-state index in [1.807, 2.05) is 35.2 Å². The highest BCUT2D eigenvalue weighted by Crippen LogP contribution is 2.30. The summed E-state index contributed by atoms with van der Waals surface area (Å²) in [5.74, 6) is 2.20. The minimum Gasteiger partial charge on any atom is -0.397 e. The molecule has 0 aliphatic carbocycles. The number of imidazole rings is 1. The van der Waals surface area contributed by atoms with E-state index in [0.29, 0.717) is 18.2 Å². The lowest BCUT2D eigenvalue weighted by atomic mass is 10.2. The zero-order valence-electron chi connectivity index (χ0n) is 16.2. The third-order valence-electron chi connectivity index (χ3n) is 5.50. The van der Waals surface area contributed by atoms with Gasteiger partial charge in [-0.3, -0.25) is 4.57 Å². The van der Waals surface area contributed by atoms with E-state index in [1.54, 1.807) is 6.20 Å². The fourth-order valence-corrected chi connectivity index (χ4v) is 3.89. The predicted octanol–water partition coefficient (Wildman–Crippen LogP) is 2.52. The number of aliphatic hydroxyl groups excluding tert-OH is 1. The molecule has 4 N–H and O–H groups in total. The van der Waals surface area contributed by atoms with E-state index < -0.39 is 0 Å². The van der Waals surface area contributed by atoms with Gasteiger partial charge in [-0.05, 0) is 43.5 Å². The van der Waals surface area contributed by atoms with E-state index in [2.05, 4.69) is 33.2 Å². The van der Waals surface area contributed by atoms with Gasteiger partial charge < -0.3 is 21.1 Å². The Kier molecular flexibility index (Phi) is 4.21. The van der Waals surface area contributed by atoms with Crippen LogP contribution in [-0.2, 0) is 6.42 Å². The number of hydrogen-bond acceptors (Lipinski definition) is 7. The van der Waals surface area contributed by atoms with Crippen LogP contribution >= 0.6 is 0 Å². The zero-order valence-corrected chi connectivity index (χ0v) is 16.2. The van der Waals surface area contributed by atoms with Crippen LogP contribution in [0.1, 0.15) is 24.7 Å². The second kappa shape index (κ2) is 6.89. The maximum absolute atomic E-state index is 9.76. The number of fused-ring (bicyclic) bond motifs is 3. The van der Waals surface area contributed by atoms with Crippen LogP contribution in [-0.4, -0.2) is 43.8 Å². The van der Waals surface area contributed by atoms with Gasteiger partial charge in [-0.15, -0.1) is 0 Å². The van der Waals surface area contributed by atoms with Crippen LogP contribution in [0.25, 0.3) is 11.4 Å². The highest BCUT2D eigenvalue weighted by molar-refractivity contribution is 5.75. The third kappa shape index (κ3) is 3.21. The van der Waals surface area contributed by atoms with E-state index in [0.717, 1.165) is 53.5 Å². The number of β-amino-alcohol motifs (C(OH)–C–C–N with tert-alkyl or cyclic N) is 1. The Balaban J connectivity index is 1.43. The molecule has 2 aliphatic heterocycles. The summed E-state index contributed by atoms with van der Waals surface area (Å²) in [5, 5.41) is 13.0. The number of allylic oxidation sites excluding steroid dienone is 2. The molecule has 0 radical (unpaired) electrons. The van der Waals surface area contributed by atoms with Gasteiger partial charge in [0.2, 0.25) is 5.95 Å². The molecule has 2 aromatic heterocycles. The number of nitrogens with two attached hydrogens (primary N) is 1. The SMILES string of the molecule is CC1=CCc2cnc(Nc3ccc(N4CCC(O)C4)cc3N)nc2-n2ccnc21. The summed E-state index contributed by atoms with van der Waals surface area (Å²) in [6.45, 7) is 3.53. The normalized spacial score (nSPS) is 18.1. The monoisotopic (exact) mass is 389 g/mol. The Morgan fingerprint density at radius 1 is 1.28 bits per heavy atom. The van der Waals surface area contributed by atoms with Crippen LogP contribution in [0.5, 0.6) is 0 Å². The summed E-state index contributed by atoms with van der Waals surface area (Å²) < 4.78 is 1.99. The van der Waals surface area contributed by atoms with Crippen molar-refractivity contribution in [2.75, 3.05) is 29.0 Å². The Bertz CT molecular complexity index is 1100. The number of nitrogens with zero attached hydrogens (tertiary/aromatic N) is 5. The van der Waals surface area contributed by atoms with E-state index in [1.165, 1.54) is 0 Å². The van der Waals surface area contributed by atoms with Crippen LogP contribution in [0.4, 0.5) is 23.0 Å². The van der Waals surface area contributed by atoms with Crippen LogP contribution in [0, 0.1) is 0 Å². The molecule has 148 valence electrons. The zero-order chi connectivity index (χ0) is 20.0. The highest BCUT2D eigenvalue weighted by atomic mass is 16.3. The minimum absolute atomic E-state index is 0.270. The number of nitrogens with one attached hydrogen (secondary N) is 1. The summed E-state index contributed by atoms with van der Waals surface area (Å²) in [6.07, 6.45) is 8.97. The van der Waals surface area contributed by atoms with Gasteiger partial charge in [0.15, 0.2) is 0 Å². The van der Waals surface area contributed by atoms with Crippen LogP contribution in [0.3, 0.4) is 0 Å². The first-order chi connectivity index (χ1) is 14.1. The van der Waals surface area contributed by atoms with Crippen LogP contribution in [0.2, 0.25) is 0 Å². The van der Waals surface area contributed by atoms with Gasteiger partial charge >= 0.3 is 0 Å². The fourth-order valence-electron chi connectivity index (χ4n) is 3.89. The van der Waals surface area contributed by atoms with E-state index in [4.69, 9.17) is 10.7 Å². The molecule has 3 aromatic rings. The molecule has 0 amide bonds. The van der Waals surface area contributed by atoms with Crippen molar-refractivity contribution in [1.29, 1.82) is 0 Å². The Morgan fingerprint density at radius 2 is 2.17 bits per heavy atom. The quantitative estimate of drug-likeness (QED) is 0.591. The van der Waals surface area contributed by atoms with Gasteiger partial charge in [0.1, 0.15) is 11.6 Å². The average molecular weight is 389 g/mol. The smallest absolute Gasteiger partial charge is 0.229 e. The first-order valence-corrected chi connectivity index (χ1v) is 9.75. The number of aliphatic hydroxyl groups is 1. The van der Waals surface area contributed by atoms with Gasteiger partial charge in [0.25, 0.3) is 0 Å². The number of nitrogen functional groups attached to an aromatic ring is 1. The predicted molar refractivity (Wildman–Crippen MR) is 113 cm³/mol. The molecule has 0 spiro atoms. The van der Waals surface area contributed by atoms with Gasteiger partial charge in [-0.2, -0.15) is 4.98 Å². The lowest BCUT2D eigenvalue weighted by molar-refractivity contribution is 0.198. The maximum Gasteiger partial charge on any atom is 0.229 e. The van der Waals surface area contributed by atoms with Gasteiger partial charge in [0.05, 0.1) is 17.5 Å². The molecule has 8 nitrogen and oxygen atoms in total. The lowest BCUT2D eigenvalue weighted by Gasteiger charge is -2.19. The van der Waals surface area contributed by atoms with Crippen molar-refractivity contribution in [2.24, 2.45) is 0 Å². The molecule has 8 heteroatoms. The summed E-state index contributed by atoms with van der Waals surface area (Å²) in [4.78, 5) is 15.8. The Morgan fingerprint density at radius 3 is 2.97 bits per heavy atom. The number of benzene rings is 1. The topological polar surface area (TPSA) is 105 Å². The molecular weight excluding hydrogens is 366 g/mol. The minimum atomic E-state index is -0.270. The third-order valence-corrected chi connectivity index (χ3v) is 5.50. The van der Waals surface area contributed by atoms with E-state index in [-0.39, 0.29) is 6.10 Å². The van der Waals surface area contributed by atoms with Gasteiger partial charge in [-0.1, -0.05) is 6.08 Å². The molecule has 4 heterocycles. The standard InChI is InChI=1S/C21H23N7O/c1-13-2-3-14-11-24-21(26-20(14)28-9-7-23-19(13)28)25-18-5-4-15(10-17(18)22)27-8-6-16(29)12-27/h2,4-5,7,9-11,16,29H,3,6,8,12,22H2,1H3,(H,24,25,26). The van der Waals surface area contributed by atoms with E-state index >= 15 is 0 Å². The van der Waals surface area contributed by atoms with Crippen molar-refractivity contribution >= 4 is 28.6 Å². The van der Waals surface area contributed by atoms with Crippen LogP contribution in [0.15, 0.2) is 42.9 Å². The largest absolute Gasteiger partial charge is 0.397 e. The van der Waals surface area contributed by atoms with Crippen molar-refractivity contribution in [2.45, 2.75) is 25.9 Å². The maximum atomic E-state index is 9.76. The number of anilines is 4. The Labute approximate surface area is 168 Å². The highest BCUT2D eigenvalue weighted by Gasteiger charge is 2.21. The van der Waals surface area contributed by atoms with Crippen molar-refractivity contribution in [1.82, 2.24) is 19.5 Å². The fraction of sp³-hybridized carbons (Fsp3) is 0.286. The Hall–Kier alpha value is -3.39. The van der Waals surface area contributed by atoms with Crippen LogP contribution < -0.4 is 16.0 Å². The summed E-state index contributed by atoms with van der Waals surface area (Å²) in [7, 11) is 0. The number of aromatic nitrogens is 4. The molecule has 0 saturated carbocycles. The van der Waals surface area contributed by atoms with Crippen molar-refractivity contribution in [3.63, 3.8) is 0 Å². The van der Waals surface area contributed by atoms with E-state index in [9.17, 15) is 5.11 Å².